The van der Waals surface area contributed by atoms with Gasteiger partial charge in [0.05, 0.1) is 48.5 Å². The summed E-state index contributed by atoms with van der Waals surface area (Å²) in [4.78, 5) is 89.6. The zero-order valence-corrected chi connectivity index (χ0v) is 43.4. The number of nitrogens with one attached hydrogen (secondary N) is 2. The topological polar surface area (TPSA) is 207 Å². The van der Waals surface area contributed by atoms with E-state index in [0.29, 0.717) is 39.3 Å². The van der Waals surface area contributed by atoms with Crippen molar-refractivity contribution in [1.29, 1.82) is 0 Å². The fourth-order valence-corrected chi connectivity index (χ4v) is 11.3. The van der Waals surface area contributed by atoms with Crippen LogP contribution in [-0.4, -0.2) is 145 Å². The van der Waals surface area contributed by atoms with Crippen LogP contribution in [0.3, 0.4) is 0 Å². The summed E-state index contributed by atoms with van der Waals surface area (Å²) >= 11 is 1.31. The summed E-state index contributed by atoms with van der Waals surface area (Å²) in [6.07, 6.45) is -3.85. The van der Waals surface area contributed by atoms with Gasteiger partial charge in [0.15, 0.2) is 6.04 Å². The minimum Gasteiger partial charge on any atom is -0.471 e. The number of amides is 5. The number of likely N-dealkylation sites (tertiary alicyclic amines) is 3. The molecule has 19 nitrogen and oxygen atoms in total. The molecule has 0 spiro atoms. The number of thiophene rings is 1. The normalized spacial score (nSPS) is 21.5. The largest absolute Gasteiger partial charge is 0.471 e. The van der Waals surface area contributed by atoms with E-state index in [0.717, 1.165) is 15.8 Å². The van der Waals surface area contributed by atoms with Gasteiger partial charge in [0.1, 0.15) is 47.6 Å². The Morgan fingerprint density at radius 3 is 1.95 bits per heavy atom. The van der Waals surface area contributed by atoms with Gasteiger partial charge in [-0.05, 0) is 73.5 Å². The molecule has 5 amide bonds. The van der Waals surface area contributed by atoms with Crippen molar-refractivity contribution in [1.82, 2.24) is 39.2 Å². The van der Waals surface area contributed by atoms with Crippen LogP contribution < -0.4 is 10.6 Å². The van der Waals surface area contributed by atoms with Crippen LogP contribution in [0.25, 0.3) is 0 Å². The molecule has 4 aliphatic heterocycles. The molecular weight excluding hydrogens is 1050 g/mol. The van der Waals surface area contributed by atoms with Crippen LogP contribution in [0.4, 0.5) is 43.2 Å². The minimum absolute atomic E-state index is 0.0153. The molecule has 0 bridgehead atoms. The number of aromatic nitrogens is 4. The number of imide groups is 1. The number of aryl methyl sites for hydroxylation is 1. The predicted octanol–water partition coefficient (Wildman–Crippen LogP) is 7.69. The van der Waals surface area contributed by atoms with Crippen molar-refractivity contribution in [3.8, 4) is 0 Å². The fourth-order valence-electron chi connectivity index (χ4n) is 10.7. The van der Waals surface area contributed by atoms with E-state index in [1.807, 2.05) is 6.92 Å². The number of anilines is 2. The zero-order chi connectivity index (χ0) is 55.3. The van der Waals surface area contributed by atoms with Crippen molar-refractivity contribution in [2.75, 3.05) is 56.6 Å². The van der Waals surface area contributed by atoms with Gasteiger partial charge in [0, 0.05) is 73.7 Å². The molecule has 0 aliphatic carbocycles. The molecule has 4 aromatic heterocycles. The number of alkyl halides is 3. The lowest BCUT2D eigenvalue weighted by molar-refractivity contribution is -0.212. The van der Waals surface area contributed by atoms with Crippen LogP contribution in [0.1, 0.15) is 85.1 Å². The maximum Gasteiger partial charge on any atom is 0.410 e. The maximum atomic E-state index is 15.3. The first kappa shape index (κ1) is 53.5. The molecule has 6 atom stereocenters. The van der Waals surface area contributed by atoms with Crippen molar-refractivity contribution in [3.63, 3.8) is 0 Å². The van der Waals surface area contributed by atoms with E-state index < -0.39 is 102 Å². The third kappa shape index (κ3) is 10.1. The molecule has 6 aromatic rings. The van der Waals surface area contributed by atoms with Gasteiger partial charge in [-0.2, -0.15) is 44.1 Å². The second-order valence-corrected chi connectivity index (χ2v) is 20.6. The fraction of sp³-hybridized carbons (Fsp3) is 0.396. The molecule has 6 unspecified atom stereocenters. The number of ether oxygens (including phenoxy) is 2. The summed E-state index contributed by atoms with van der Waals surface area (Å²) in [6, 6.07) is 7.01. The van der Waals surface area contributed by atoms with Crippen molar-refractivity contribution in [2.45, 2.75) is 83.4 Å². The Balaban J connectivity index is 0.904. The highest BCUT2D eigenvalue weighted by Gasteiger charge is 2.66. The number of hydrogen-bond donors (Lipinski definition) is 2. The highest BCUT2D eigenvalue weighted by atomic mass is 32.1. The number of morpholine rings is 1. The van der Waals surface area contributed by atoms with E-state index in [1.54, 1.807) is 47.7 Å². The smallest absolute Gasteiger partial charge is 0.410 e. The molecule has 25 heteroatoms. The molecule has 4 aliphatic rings. The van der Waals surface area contributed by atoms with Crippen LogP contribution in [-0.2, 0) is 32.2 Å². The van der Waals surface area contributed by atoms with Gasteiger partial charge < -0.3 is 39.2 Å². The first-order valence-corrected chi connectivity index (χ1v) is 26.1. The van der Waals surface area contributed by atoms with Crippen molar-refractivity contribution in [2.24, 2.45) is 5.92 Å². The molecule has 0 saturated carbocycles. The Hall–Kier alpha value is -7.93. The molecular formula is C53H53F5N10O9S. The monoisotopic (exact) mass is 1100 g/mol. The Labute approximate surface area is 446 Å². The SMILES string of the molecule is Cc1cocc1C(=O)n1nc(C2C(=O)N(C(=O)N3CCC(OC(=O)C4C(c5nn(C(=O)c6ccsc6)c(NCc6ccc(F)cc6)c5C)C(C)CN4C(=O)N4CCOCC4)C3)C2C(F)(F)F)c(C)c1NCc1ccc(F)cc1. The molecule has 8 heterocycles. The minimum atomic E-state index is -5.18. The number of benzene rings is 2. The molecule has 78 heavy (non-hydrogen) atoms. The molecule has 2 N–H and O–H groups in total. The van der Waals surface area contributed by atoms with Crippen LogP contribution in [0.2, 0.25) is 0 Å². The number of furan rings is 1. The number of urea groups is 2. The Bertz CT molecular complexity index is 3260. The number of esters is 1. The number of rotatable bonds is 12. The van der Waals surface area contributed by atoms with Gasteiger partial charge >= 0.3 is 24.2 Å². The zero-order valence-electron chi connectivity index (χ0n) is 42.6. The molecule has 410 valence electrons. The maximum absolute atomic E-state index is 15.3. The summed E-state index contributed by atoms with van der Waals surface area (Å²) in [5.41, 5.74) is 2.47. The summed E-state index contributed by atoms with van der Waals surface area (Å²) < 4.78 is 92.2. The number of carbonyl (C=O) groups is 6. The number of β-lactam (4-membered cyclic amide) rings is 1. The highest BCUT2D eigenvalue weighted by molar-refractivity contribution is 7.08. The summed E-state index contributed by atoms with van der Waals surface area (Å²) in [6.45, 7) is 7.14. The second kappa shape index (κ2) is 21.5. The third-order valence-corrected chi connectivity index (χ3v) is 15.5. The summed E-state index contributed by atoms with van der Waals surface area (Å²) in [7, 11) is 0. The van der Waals surface area contributed by atoms with Crippen molar-refractivity contribution in [3.05, 3.63) is 140 Å². The van der Waals surface area contributed by atoms with Gasteiger partial charge in [0.2, 0.25) is 5.91 Å². The first-order valence-electron chi connectivity index (χ1n) is 25.1. The second-order valence-electron chi connectivity index (χ2n) is 19.8. The first-order chi connectivity index (χ1) is 37.3. The lowest BCUT2D eigenvalue weighted by Crippen LogP contribution is -2.69. The van der Waals surface area contributed by atoms with Gasteiger partial charge in [-0.3, -0.25) is 14.4 Å². The Kier molecular flexibility index (Phi) is 14.7. The van der Waals surface area contributed by atoms with Crippen molar-refractivity contribution >= 4 is 58.7 Å². The molecule has 10 rings (SSSR count). The van der Waals surface area contributed by atoms with E-state index in [2.05, 4.69) is 15.7 Å². The lowest BCUT2D eigenvalue weighted by atomic mass is 9.82. The standard InChI is InChI=1S/C53H53F5N10O9S/c1-28-23-65(51(73)63-16-18-75-19-17-63)43(39(28)41-30(3)45(59-21-32-5-9-35(54)10-6-32)67(61-41)47(69)34-14-20-78-27-34)50(72)77-37-13-15-64(24-37)52(74)66-44(53(56,57)58)40(49(66)71)42-31(4)46(60-22-33-7-11-36(55)12-8-33)68(62-42)48(70)38-26-76-25-29(38)2/h5-12,14,20,25-28,37,39-40,43-44,59-60H,13,15-19,21-24H2,1-4H3. The van der Waals surface area contributed by atoms with Crippen LogP contribution >= 0.6 is 11.3 Å². The van der Waals surface area contributed by atoms with Gasteiger partial charge in [0.25, 0.3) is 11.8 Å². The lowest BCUT2D eigenvalue weighted by Gasteiger charge is -2.46. The third-order valence-electron chi connectivity index (χ3n) is 14.8. The quantitative estimate of drug-likeness (QED) is 0.0686. The average Bonchev–Trinajstić information content (AvgIpc) is 4.31. The molecule has 4 saturated heterocycles. The van der Waals surface area contributed by atoms with E-state index in [9.17, 15) is 37.5 Å². The van der Waals surface area contributed by atoms with Crippen molar-refractivity contribution < 1.29 is 64.6 Å². The molecule has 2 aromatic carbocycles. The van der Waals surface area contributed by atoms with Gasteiger partial charge in [-0.25, -0.2) is 28.1 Å². The van der Waals surface area contributed by atoms with E-state index >= 15 is 13.2 Å². The number of halogens is 5. The van der Waals surface area contributed by atoms with E-state index in [4.69, 9.17) is 19.0 Å². The van der Waals surface area contributed by atoms with Crippen LogP contribution in [0, 0.1) is 38.3 Å². The van der Waals surface area contributed by atoms with Gasteiger partial charge in [-0.1, -0.05) is 31.2 Å². The Morgan fingerprint density at radius 2 is 1.37 bits per heavy atom. The summed E-state index contributed by atoms with van der Waals surface area (Å²) in [5, 5.41) is 18.8. The number of nitrogens with zero attached hydrogens (tertiary/aromatic N) is 8. The van der Waals surface area contributed by atoms with Crippen LogP contribution in [0.5, 0.6) is 0 Å². The highest BCUT2D eigenvalue weighted by Crippen LogP contribution is 2.47. The predicted molar refractivity (Wildman–Crippen MR) is 270 cm³/mol. The molecule has 0 radical (unpaired) electrons. The van der Waals surface area contributed by atoms with Crippen LogP contribution in [0.15, 0.2) is 82.3 Å². The van der Waals surface area contributed by atoms with Gasteiger partial charge in [-0.15, -0.1) is 0 Å². The van der Waals surface area contributed by atoms with E-state index in [1.165, 1.54) is 70.5 Å². The number of hydrogen-bond acceptors (Lipinski definition) is 14. The molecule has 4 fully saturated rings. The Morgan fingerprint density at radius 1 is 0.769 bits per heavy atom. The number of carbonyl (C=O) groups excluding carboxylic acids is 6. The summed E-state index contributed by atoms with van der Waals surface area (Å²) in [5.74, 6) is -7.39. The average molecular weight is 1100 g/mol. The van der Waals surface area contributed by atoms with E-state index in [-0.39, 0.29) is 80.7 Å².